The summed E-state index contributed by atoms with van der Waals surface area (Å²) in [7, 11) is 5.72. The van der Waals surface area contributed by atoms with E-state index in [2.05, 4.69) is 5.32 Å². The average Bonchev–Trinajstić information content (AvgIpc) is 3.60. The number of pyridine rings is 1. The molecule has 49 heavy (non-hydrogen) atoms. The minimum atomic E-state index is -0.760. The average molecular weight is 675 g/mol. The molecule has 260 valence electrons. The van der Waals surface area contributed by atoms with Crippen LogP contribution in [-0.2, 0) is 14.2 Å². The van der Waals surface area contributed by atoms with Gasteiger partial charge in [-0.2, -0.15) is 0 Å². The molecular formula is C37H42N2O10. The van der Waals surface area contributed by atoms with E-state index in [0.29, 0.717) is 50.9 Å². The Balaban J connectivity index is 1.71. The number of hydrogen-bond acceptors (Lipinski definition) is 10. The smallest absolute Gasteiger partial charge is 0.412 e. The molecule has 1 saturated carbocycles. The van der Waals surface area contributed by atoms with Crippen molar-refractivity contribution in [1.29, 1.82) is 0 Å². The fraction of sp³-hybridized carbons (Fsp3) is 0.378. The van der Waals surface area contributed by atoms with Crippen molar-refractivity contribution in [2.75, 3.05) is 40.5 Å². The zero-order chi connectivity index (χ0) is 35.3. The molecule has 1 heterocycles. The van der Waals surface area contributed by atoms with Crippen molar-refractivity contribution < 1.29 is 42.7 Å². The number of hydrogen-bond donors (Lipinski definition) is 1. The first kappa shape index (κ1) is 35.1. The van der Waals surface area contributed by atoms with Gasteiger partial charge in [0.1, 0.15) is 17.0 Å². The number of methoxy groups -OCH3 is 4. The van der Waals surface area contributed by atoms with Crippen LogP contribution in [0.4, 0.5) is 10.5 Å². The molecule has 0 radical (unpaired) electrons. The van der Waals surface area contributed by atoms with E-state index < -0.39 is 23.2 Å². The van der Waals surface area contributed by atoms with E-state index in [1.165, 1.54) is 33.0 Å². The van der Waals surface area contributed by atoms with E-state index in [-0.39, 0.29) is 24.0 Å². The van der Waals surface area contributed by atoms with Crippen molar-refractivity contribution in [2.45, 2.75) is 58.2 Å². The van der Waals surface area contributed by atoms with E-state index >= 15 is 0 Å². The number of aromatic nitrogens is 1. The van der Waals surface area contributed by atoms with Crippen molar-refractivity contribution >= 4 is 28.5 Å². The number of carbonyl (C=O) groups is 2. The Morgan fingerprint density at radius 3 is 2.08 bits per heavy atom. The minimum Gasteiger partial charge on any atom is -0.493 e. The van der Waals surface area contributed by atoms with Crippen LogP contribution >= 0.6 is 0 Å². The normalized spacial score (nSPS) is 13.2. The number of rotatable bonds is 11. The molecule has 12 heteroatoms. The Morgan fingerprint density at radius 1 is 0.857 bits per heavy atom. The zero-order valence-corrected chi connectivity index (χ0v) is 28.8. The molecule has 1 amide bonds. The summed E-state index contributed by atoms with van der Waals surface area (Å²) in [6.07, 6.45) is 3.76. The quantitative estimate of drug-likeness (QED) is 0.130. The van der Waals surface area contributed by atoms with Crippen molar-refractivity contribution in [1.82, 2.24) is 4.57 Å². The second-order valence-electron chi connectivity index (χ2n) is 12.5. The number of ether oxygens (including phenoxy) is 7. The fourth-order valence-electron chi connectivity index (χ4n) is 5.89. The van der Waals surface area contributed by atoms with Crippen LogP contribution in [-0.4, -0.2) is 63.6 Å². The van der Waals surface area contributed by atoms with Gasteiger partial charge >= 0.3 is 12.1 Å². The summed E-state index contributed by atoms with van der Waals surface area (Å²) < 4.78 is 40.5. The van der Waals surface area contributed by atoms with Gasteiger partial charge in [0.15, 0.2) is 18.3 Å². The summed E-state index contributed by atoms with van der Waals surface area (Å²) in [5.41, 5.74) is 0.412. The summed E-state index contributed by atoms with van der Waals surface area (Å²) >= 11 is 0. The van der Waals surface area contributed by atoms with Gasteiger partial charge in [0.25, 0.3) is 5.56 Å². The molecule has 4 aromatic rings. The lowest BCUT2D eigenvalue weighted by atomic mass is 9.95. The number of esters is 1. The topological polar surface area (TPSA) is 133 Å². The first-order valence-electron chi connectivity index (χ1n) is 15.9. The number of nitrogens with one attached hydrogen (secondary N) is 1. The standard InChI is InChI=1S/C37H42N2O10/c1-37(2,3)49-36(42)38-23-12-14-24(15-13-23)39-32(35(41)46-7)31(22-18-29(43-4)33(45-6)30(19-22)44-5)27-17-16-26(20-28(27)34(39)40)48-21-47-25-10-8-9-11-25/h12-20,25H,8-11,21H2,1-7H3,(H,38,42). The van der Waals surface area contributed by atoms with Crippen molar-refractivity contribution in [3.05, 3.63) is 70.6 Å². The van der Waals surface area contributed by atoms with Crippen LogP contribution < -0.4 is 29.8 Å². The second kappa shape index (κ2) is 14.9. The Bertz CT molecular complexity index is 1860. The fourth-order valence-corrected chi connectivity index (χ4v) is 5.89. The van der Waals surface area contributed by atoms with Crippen LogP contribution in [0.1, 0.15) is 56.9 Å². The highest BCUT2D eigenvalue weighted by atomic mass is 16.7. The van der Waals surface area contributed by atoms with E-state index in [0.717, 1.165) is 25.7 Å². The van der Waals surface area contributed by atoms with Crippen LogP contribution in [0.2, 0.25) is 0 Å². The lowest BCUT2D eigenvalue weighted by Gasteiger charge is -2.21. The molecule has 1 aromatic heterocycles. The Hall–Kier alpha value is -5.23. The van der Waals surface area contributed by atoms with E-state index in [1.807, 2.05) is 0 Å². The number of carbonyl (C=O) groups excluding carboxylic acids is 2. The molecular weight excluding hydrogens is 632 g/mol. The highest BCUT2D eigenvalue weighted by molar-refractivity contribution is 6.08. The van der Waals surface area contributed by atoms with Crippen molar-refractivity contribution in [2.24, 2.45) is 0 Å². The van der Waals surface area contributed by atoms with Gasteiger partial charge in [-0.15, -0.1) is 0 Å². The third-order valence-electron chi connectivity index (χ3n) is 8.09. The monoisotopic (exact) mass is 674 g/mol. The highest BCUT2D eigenvalue weighted by Gasteiger charge is 2.28. The largest absolute Gasteiger partial charge is 0.493 e. The maximum absolute atomic E-state index is 14.5. The summed E-state index contributed by atoms with van der Waals surface area (Å²) in [5, 5.41) is 3.41. The third kappa shape index (κ3) is 7.75. The number of amides is 1. The molecule has 5 rings (SSSR count). The Morgan fingerprint density at radius 2 is 1.51 bits per heavy atom. The van der Waals surface area contributed by atoms with Crippen LogP contribution in [0.5, 0.6) is 23.0 Å². The maximum Gasteiger partial charge on any atom is 0.412 e. The number of anilines is 1. The van der Waals surface area contributed by atoms with Gasteiger partial charge in [0.05, 0.1) is 39.9 Å². The SMILES string of the molecule is COC(=O)c1c(-c2cc(OC)c(OC)c(OC)c2)c2ccc(OCOC3CCCC3)cc2c(=O)n1-c1ccc(NC(=O)OC(C)(C)C)cc1. The van der Waals surface area contributed by atoms with Gasteiger partial charge in [-0.05, 0) is 99.2 Å². The molecule has 0 saturated heterocycles. The van der Waals surface area contributed by atoms with Gasteiger partial charge in [-0.25, -0.2) is 9.59 Å². The van der Waals surface area contributed by atoms with Crippen molar-refractivity contribution in [3.63, 3.8) is 0 Å². The molecule has 1 N–H and O–H groups in total. The Labute approximate surface area is 284 Å². The van der Waals surface area contributed by atoms with Crippen LogP contribution in [0.15, 0.2) is 59.4 Å². The molecule has 12 nitrogen and oxygen atoms in total. The molecule has 0 unspecified atom stereocenters. The van der Waals surface area contributed by atoms with Gasteiger partial charge < -0.3 is 33.2 Å². The molecule has 1 fully saturated rings. The number of nitrogens with zero attached hydrogens (tertiary/aromatic N) is 1. The van der Waals surface area contributed by atoms with Crippen LogP contribution in [0, 0.1) is 0 Å². The van der Waals surface area contributed by atoms with Crippen molar-refractivity contribution in [3.8, 4) is 39.8 Å². The first-order valence-corrected chi connectivity index (χ1v) is 15.9. The maximum atomic E-state index is 14.5. The van der Waals surface area contributed by atoms with Gasteiger partial charge in [0.2, 0.25) is 5.75 Å². The van der Waals surface area contributed by atoms with Gasteiger partial charge in [-0.3, -0.25) is 14.7 Å². The molecule has 1 aliphatic carbocycles. The zero-order valence-electron chi connectivity index (χ0n) is 28.8. The lowest BCUT2D eigenvalue weighted by Crippen LogP contribution is -2.27. The molecule has 0 spiro atoms. The predicted molar refractivity (Wildman–Crippen MR) is 185 cm³/mol. The lowest BCUT2D eigenvalue weighted by molar-refractivity contribution is -0.0324. The number of fused-ring (bicyclic) bond motifs is 1. The molecule has 0 atom stereocenters. The molecule has 0 aliphatic heterocycles. The molecule has 1 aliphatic rings. The summed E-state index contributed by atoms with van der Waals surface area (Å²) in [5.74, 6) is 0.717. The van der Waals surface area contributed by atoms with Gasteiger partial charge in [0, 0.05) is 16.9 Å². The summed E-state index contributed by atoms with van der Waals surface area (Å²) in [6, 6.07) is 14.9. The van der Waals surface area contributed by atoms with Gasteiger partial charge in [-0.1, -0.05) is 12.8 Å². The predicted octanol–water partition coefficient (Wildman–Crippen LogP) is 7.11. The molecule has 0 bridgehead atoms. The number of benzene rings is 3. The third-order valence-corrected chi connectivity index (χ3v) is 8.09. The Kier molecular flexibility index (Phi) is 10.7. The highest BCUT2D eigenvalue weighted by Crippen LogP contribution is 2.44. The first-order chi connectivity index (χ1) is 23.5. The van der Waals surface area contributed by atoms with Crippen LogP contribution in [0.25, 0.3) is 27.6 Å². The summed E-state index contributed by atoms with van der Waals surface area (Å²) in [6.45, 7) is 5.33. The van der Waals surface area contributed by atoms with Crippen LogP contribution in [0.3, 0.4) is 0 Å². The van der Waals surface area contributed by atoms with E-state index in [4.69, 9.17) is 33.2 Å². The molecule has 3 aromatic carbocycles. The van der Waals surface area contributed by atoms with E-state index in [9.17, 15) is 14.4 Å². The second-order valence-corrected chi connectivity index (χ2v) is 12.5. The summed E-state index contributed by atoms with van der Waals surface area (Å²) in [4.78, 5) is 40.6. The van der Waals surface area contributed by atoms with E-state index in [1.54, 1.807) is 75.4 Å². The minimum absolute atomic E-state index is 0.0381.